The number of nitrogens with one attached hydrogen (secondary N) is 1. The van der Waals surface area contributed by atoms with Gasteiger partial charge in [-0.25, -0.2) is 9.78 Å². The molecule has 0 radical (unpaired) electrons. The van der Waals surface area contributed by atoms with Gasteiger partial charge < -0.3 is 15.3 Å². The van der Waals surface area contributed by atoms with Crippen LogP contribution in [0.25, 0.3) is 0 Å². The Hall–Kier alpha value is -2.11. The number of anilines is 1. The minimum Gasteiger partial charge on any atom is -0.474 e. The van der Waals surface area contributed by atoms with Crippen molar-refractivity contribution < 1.29 is 14.7 Å². The average Bonchev–Trinajstić information content (AvgIpc) is 2.38. The van der Waals surface area contributed by atoms with E-state index in [2.05, 4.69) is 15.2 Å². The Morgan fingerprint density at radius 1 is 1.33 bits per heavy atom. The Balaban J connectivity index is 2.60. The molecule has 0 spiro atoms. The molecule has 0 bridgehead atoms. The third-order valence-corrected chi connectivity index (χ3v) is 2.54. The monoisotopic (exact) mass is 251 g/mol. The molecule has 18 heavy (non-hydrogen) atoms. The first-order valence-corrected chi connectivity index (χ1v) is 5.79. The fourth-order valence-corrected chi connectivity index (χ4v) is 1.51. The molecule has 1 heterocycles. The second-order valence-corrected chi connectivity index (χ2v) is 3.68. The van der Waals surface area contributed by atoms with E-state index in [0.717, 1.165) is 24.5 Å². The molecular formula is C12H17N3O3. The molecule has 0 atom stereocenters. The molecule has 0 aliphatic rings. The topological polar surface area (TPSA) is 82.5 Å². The van der Waals surface area contributed by atoms with Gasteiger partial charge in [-0.1, -0.05) is 6.07 Å². The summed E-state index contributed by atoms with van der Waals surface area (Å²) in [5.74, 6) is -1.63. The maximum atomic E-state index is 10.8. The highest BCUT2D eigenvalue weighted by Crippen LogP contribution is 2.10. The third kappa shape index (κ3) is 3.73. The highest BCUT2D eigenvalue weighted by Gasteiger charge is 2.10. The summed E-state index contributed by atoms with van der Waals surface area (Å²) in [7, 11) is 0. The van der Waals surface area contributed by atoms with Gasteiger partial charge in [-0.05, 0) is 25.5 Å². The number of amides is 1. The SMILES string of the molecule is CCN(CC)c1ccc(CNC(=O)C(=O)O)cn1. The summed E-state index contributed by atoms with van der Waals surface area (Å²) in [5, 5.41) is 10.7. The van der Waals surface area contributed by atoms with Crippen molar-refractivity contribution in [1.82, 2.24) is 10.3 Å². The van der Waals surface area contributed by atoms with Crippen molar-refractivity contribution in [1.29, 1.82) is 0 Å². The lowest BCUT2D eigenvalue weighted by Crippen LogP contribution is -2.30. The highest BCUT2D eigenvalue weighted by atomic mass is 16.4. The highest BCUT2D eigenvalue weighted by molar-refractivity contribution is 6.31. The zero-order chi connectivity index (χ0) is 13.5. The van der Waals surface area contributed by atoms with E-state index < -0.39 is 11.9 Å². The van der Waals surface area contributed by atoms with Crippen molar-refractivity contribution in [2.24, 2.45) is 0 Å². The van der Waals surface area contributed by atoms with Crippen LogP contribution in [0.5, 0.6) is 0 Å². The number of carbonyl (C=O) groups is 2. The van der Waals surface area contributed by atoms with E-state index in [4.69, 9.17) is 5.11 Å². The van der Waals surface area contributed by atoms with Crippen LogP contribution in [0.1, 0.15) is 19.4 Å². The molecule has 0 saturated heterocycles. The minimum atomic E-state index is -1.48. The first-order chi connectivity index (χ1) is 8.58. The second-order valence-electron chi connectivity index (χ2n) is 3.68. The average molecular weight is 251 g/mol. The van der Waals surface area contributed by atoms with Crippen LogP contribution in [0.15, 0.2) is 18.3 Å². The van der Waals surface area contributed by atoms with E-state index in [-0.39, 0.29) is 6.54 Å². The van der Waals surface area contributed by atoms with Crippen LogP contribution >= 0.6 is 0 Å². The number of aromatic nitrogens is 1. The van der Waals surface area contributed by atoms with Crippen LogP contribution in [0, 0.1) is 0 Å². The molecule has 0 aliphatic carbocycles. The number of pyridine rings is 1. The van der Waals surface area contributed by atoms with Crippen molar-refractivity contribution in [2.75, 3.05) is 18.0 Å². The fraction of sp³-hybridized carbons (Fsp3) is 0.417. The molecule has 1 amide bonds. The first kappa shape index (κ1) is 14.0. The Morgan fingerprint density at radius 2 is 2.00 bits per heavy atom. The summed E-state index contributed by atoms with van der Waals surface area (Å²) >= 11 is 0. The summed E-state index contributed by atoms with van der Waals surface area (Å²) in [5.41, 5.74) is 0.764. The van der Waals surface area contributed by atoms with Gasteiger partial charge in [0.2, 0.25) is 0 Å². The quantitative estimate of drug-likeness (QED) is 0.750. The van der Waals surface area contributed by atoms with Crippen molar-refractivity contribution in [2.45, 2.75) is 20.4 Å². The minimum absolute atomic E-state index is 0.163. The van der Waals surface area contributed by atoms with E-state index in [9.17, 15) is 9.59 Å². The second kappa shape index (κ2) is 6.58. The number of hydrogen-bond donors (Lipinski definition) is 2. The van der Waals surface area contributed by atoms with Crippen LogP contribution in [0.3, 0.4) is 0 Å². The summed E-state index contributed by atoms with van der Waals surface area (Å²) in [6.07, 6.45) is 1.63. The van der Waals surface area contributed by atoms with Crippen molar-refractivity contribution in [3.8, 4) is 0 Å². The maximum Gasteiger partial charge on any atom is 0.394 e. The van der Waals surface area contributed by atoms with Gasteiger partial charge in [0.1, 0.15) is 5.82 Å². The van der Waals surface area contributed by atoms with Crippen LogP contribution in [0.2, 0.25) is 0 Å². The largest absolute Gasteiger partial charge is 0.474 e. The Labute approximate surface area is 106 Å². The molecule has 6 heteroatoms. The molecule has 0 aliphatic heterocycles. The van der Waals surface area contributed by atoms with Crippen molar-refractivity contribution >= 4 is 17.7 Å². The van der Waals surface area contributed by atoms with Gasteiger partial charge >= 0.3 is 11.9 Å². The molecule has 0 saturated carbocycles. The number of hydrogen-bond acceptors (Lipinski definition) is 4. The van der Waals surface area contributed by atoms with Crippen molar-refractivity contribution in [3.63, 3.8) is 0 Å². The molecule has 1 rings (SSSR count). The molecule has 0 aromatic carbocycles. The van der Waals surface area contributed by atoms with Gasteiger partial charge in [0.15, 0.2) is 0 Å². The summed E-state index contributed by atoms with van der Waals surface area (Å²) < 4.78 is 0. The number of aliphatic carboxylic acids is 1. The first-order valence-electron chi connectivity index (χ1n) is 5.79. The van der Waals surface area contributed by atoms with Gasteiger partial charge in [0, 0.05) is 25.8 Å². The van der Waals surface area contributed by atoms with Gasteiger partial charge in [0.05, 0.1) is 0 Å². The summed E-state index contributed by atoms with van der Waals surface area (Å²) in [6, 6.07) is 3.68. The van der Waals surface area contributed by atoms with Crippen LogP contribution in [0.4, 0.5) is 5.82 Å². The van der Waals surface area contributed by atoms with Gasteiger partial charge in [-0.3, -0.25) is 4.79 Å². The Kier molecular flexibility index (Phi) is 5.10. The molecule has 1 aromatic heterocycles. The van der Waals surface area contributed by atoms with Gasteiger partial charge in [0.25, 0.3) is 0 Å². The van der Waals surface area contributed by atoms with Crippen LogP contribution in [-0.4, -0.2) is 35.1 Å². The predicted octanol–water partition coefficient (Wildman–Crippen LogP) is 0.629. The molecule has 0 fully saturated rings. The third-order valence-electron chi connectivity index (χ3n) is 2.54. The van der Waals surface area contributed by atoms with Gasteiger partial charge in [-0.15, -0.1) is 0 Å². The van der Waals surface area contributed by atoms with Crippen LogP contribution in [-0.2, 0) is 16.1 Å². The molecule has 1 aromatic rings. The zero-order valence-corrected chi connectivity index (χ0v) is 10.5. The van der Waals surface area contributed by atoms with E-state index >= 15 is 0 Å². The Bertz CT molecular complexity index is 413. The van der Waals surface area contributed by atoms with Crippen molar-refractivity contribution in [3.05, 3.63) is 23.9 Å². The molecular weight excluding hydrogens is 234 g/mol. The van der Waals surface area contributed by atoms with Crippen LogP contribution < -0.4 is 10.2 Å². The van der Waals surface area contributed by atoms with E-state index in [1.54, 1.807) is 6.20 Å². The molecule has 2 N–H and O–H groups in total. The van der Waals surface area contributed by atoms with E-state index in [1.165, 1.54) is 0 Å². The summed E-state index contributed by atoms with van der Waals surface area (Å²) in [4.78, 5) is 27.5. The number of carbonyl (C=O) groups excluding carboxylic acids is 1. The lowest BCUT2D eigenvalue weighted by atomic mass is 10.2. The standard InChI is InChI=1S/C12H17N3O3/c1-3-15(4-2)10-6-5-9(7-13-10)8-14-11(16)12(17)18/h5-7H,3-4,8H2,1-2H3,(H,14,16)(H,17,18). The zero-order valence-electron chi connectivity index (χ0n) is 10.5. The lowest BCUT2D eigenvalue weighted by molar-refractivity contribution is -0.150. The molecule has 0 unspecified atom stereocenters. The maximum absolute atomic E-state index is 10.8. The summed E-state index contributed by atoms with van der Waals surface area (Å²) in [6.45, 7) is 6.01. The number of rotatable bonds is 5. The lowest BCUT2D eigenvalue weighted by Gasteiger charge is -2.19. The number of carboxylic acids is 1. The Morgan fingerprint density at radius 3 is 2.44 bits per heavy atom. The predicted molar refractivity (Wildman–Crippen MR) is 67.3 cm³/mol. The molecule has 98 valence electrons. The number of nitrogens with zero attached hydrogens (tertiary/aromatic N) is 2. The smallest absolute Gasteiger partial charge is 0.394 e. The van der Waals surface area contributed by atoms with E-state index in [1.807, 2.05) is 26.0 Å². The molecule has 6 nitrogen and oxygen atoms in total. The van der Waals surface area contributed by atoms with E-state index in [0.29, 0.717) is 0 Å². The number of carboxylic acid groups (broad SMARTS) is 1. The fourth-order valence-electron chi connectivity index (χ4n) is 1.51. The van der Waals surface area contributed by atoms with Gasteiger partial charge in [-0.2, -0.15) is 0 Å². The normalized spacial score (nSPS) is 9.89.